The van der Waals surface area contributed by atoms with Crippen LogP contribution >= 0.6 is 0 Å². The van der Waals surface area contributed by atoms with Crippen LogP contribution in [0.25, 0.3) is 0 Å². The number of carbonyl (C=O) groups excluding carboxylic acids is 2. The van der Waals surface area contributed by atoms with Crippen LogP contribution < -0.4 is 5.32 Å². The van der Waals surface area contributed by atoms with Crippen molar-refractivity contribution in [1.29, 1.82) is 0 Å². The van der Waals surface area contributed by atoms with E-state index in [1.165, 1.54) is 4.90 Å². The Morgan fingerprint density at radius 1 is 1.29 bits per heavy atom. The third-order valence-electron chi connectivity index (χ3n) is 4.40. The molecular formula is C14H25N3O4. The highest BCUT2D eigenvalue weighted by Gasteiger charge is 2.41. The summed E-state index contributed by atoms with van der Waals surface area (Å²) in [6.45, 7) is 3.13. The van der Waals surface area contributed by atoms with Gasteiger partial charge in [0.1, 0.15) is 0 Å². The fraction of sp³-hybridized carbons (Fsp3) is 0.786. The number of piperidine rings is 1. The summed E-state index contributed by atoms with van der Waals surface area (Å²) in [6, 6.07) is -0.144. The molecule has 0 aromatic heterocycles. The molecule has 1 rings (SSSR count). The van der Waals surface area contributed by atoms with Gasteiger partial charge in [0.05, 0.1) is 5.41 Å². The van der Waals surface area contributed by atoms with E-state index in [9.17, 15) is 19.5 Å². The minimum atomic E-state index is -0.773. The first-order valence-corrected chi connectivity index (χ1v) is 7.30. The molecule has 1 heterocycles. The van der Waals surface area contributed by atoms with Gasteiger partial charge in [0.15, 0.2) is 0 Å². The second-order valence-corrected chi connectivity index (χ2v) is 5.55. The molecule has 1 aliphatic heterocycles. The number of carbonyl (C=O) groups is 3. The topological polar surface area (TPSA) is 90.0 Å². The zero-order valence-corrected chi connectivity index (χ0v) is 13.0. The Kier molecular flexibility index (Phi) is 5.99. The molecule has 0 aliphatic carbocycles. The number of urea groups is 1. The van der Waals surface area contributed by atoms with Crippen LogP contribution in [0.3, 0.4) is 0 Å². The van der Waals surface area contributed by atoms with Crippen LogP contribution in [0.1, 0.15) is 32.6 Å². The van der Waals surface area contributed by atoms with Crippen molar-refractivity contribution in [2.24, 2.45) is 5.41 Å². The van der Waals surface area contributed by atoms with E-state index in [0.717, 1.165) is 0 Å². The van der Waals surface area contributed by atoms with Crippen LogP contribution in [0.15, 0.2) is 0 Å². The van der Waals surface area contributed by atoms with Crippen LogP contribution in [0.4, 0.5) is 4.79 Å². The van der Waals surface area contributed by atoms with Crippen molar-refractivity contribution in [3.05, 3.63) is 0 Å². The van der Waals surface area contributed by atoms with Crippen molar-refractivity contribution in [2.75, 3.05) is 33.7 Å². The molecule has 3 amide bonds. The SMILES string of the molecule is CCC1(C(=O)O)CCN(C(=O)N(C)CCC(=O)NC)CC1. The molecule has 2 N–H and O–H groups in total. The largest absolute Gasteiger partial charge is 0.481 e. The van der Waals surface area contributed by atoms with Crippen LogP contribution in [0, 0.1) is 5.41 Å². The van der Waals surface area contributed by atoms with Gasteiger partial charge in [-0.3, -0.25) is 9.59 Å². The van der Waals surface area contributed by atoms with E-state index in [2.05, 4.69) is 5.32 Å². The van der Waals surface area contributed by atoms with Crippen molar-refractivity contribution in [3.8, 4) is 0 Å². The summed E-state index contributed by atoms with van der Waals surface area (Å²) in [4.78, 5) is 38.0. The van der Waals surface area contributed by atoms with Crippen LogP contribution in [0.2, 0.25) is 0 Å². The van der Waals surface area contributed by atoms with Gasteiger partial charge in [0.2, 0.25) is 5.91 Å². The molecule has 21 heavy (non-hydrogen) atoms. The van der Waals surface area contributed by atoms with E-state index in [1.807, 2.05) is 6.92 Å². The quantitative estimate of drug-likeness (QED) is 0.784. The number of carboxylic acid groups (broad SMARTS) is 1. The van der Waals surface area contributed by atoms with E-state index >= 15 is 0 Å². The van der Waals surface area contributed by atoms with Crippen molar-refractivity contribution >= 4 is 17.9 Å². The van der Waals surface area contributed by atoms with E-state index in [-0.39, 0.29) is 18.4 Å². The van der Waals surface area contributed by atoms with E-state index in [4.69, 9.17) is 0 Å². The third-order valence-corrected chi connectivity index (χ3v) is 4.40. The Morgan fingerprint density at radius 2 is 1.86 bits per heavy atom. The lowest BCUT2D eigenvalue weighted by molar-refractivity contribution is -0.152. The van der Waals surface area contributed by atoms with Gasteiger partial charge in [-0.15, -0.1) is 0 Å². The highest BCUT2D eigenvalue weighted by Crippen LogP contribution is 2.35. The van der Waals surface area contributed by atoms with Gasteiger partial charge in [-0.25, -0.2) is 4.79 Å². The van der Waals surface area contributed by atoms with Crippen molar-refractivity contribution < 1.29 is 19.5 Å². The minimum absolute atomic E-state index is 0.107. The van der Waals surface area contributed by atoms with Crippen molar-refractivity contribution in [2.45, 2.75) is 32.6 Å². The Labute approximate surface area is 125 Å². The van der Waals surface area contributed by atoms with Crippen molar-refractivity contribution in [1.82, 2.24) is 15.1 Å². The number of hydrogen-bond acceptors (Lipinski definition) is 3. The van der Waals surface area contributed by atoms with E-state index in [1.54, 1.807) is 19.0 Å². The summed E-state index contributed by atoms with van der Waals surface area (Å²) in [5.41, 5.74) is -0.697. The average molecular weight is 299 g/mol. The second kappa shape index (κ2) is 7.28. The molecule has 0 atom stereocenters. The monoisotopic (exact) mass is 299 g/mol. The maximum Gasteiger partial charge on any atom is 0.319 e. The Hall–Kier alpha value is -1.79. The maximum absolute atomic E-state index is 12.2. The number of rotatable bonds is 5. The first kappa shape index (κ1) is 17.3. The smallest absolute Gasteiger partial charge is 0.319 e. The molecule has 0 bridgehead atoms. The maximum atomic E-state index is 12.2. The second-order valence-electron chi connectivity index (χ2n) is 5.55. The number of carboxylic acids is 1. The van der Waals surface area contributed by atoms with Gasteiger partial charge in [0.25, 0.3) is 0 Å². The minimum Gasteiger partial charge on any atom is -0.481 e. The molecular weight excluding hydrogens is 274 g/mol. The average Bonchev–Trinajstić information content (AvgIpc) is 2.51. The normalized spacial score (nSPS) is 17.2. The fourth-order valence-corrected chi connectivity index (χ4v) is 2.58. The molecule has 7 nitrogen and oxygen atoms in total. The zero-order chi connectivity index (χ0) is 16.0. The lowest BCUT2D eigenvalue weighted by Crippen LogP contribution is -2.50. The van der Waals surface area contributed by atoms with Gasteiger partial charge in [-0.05, 0) is 19.3 Å². The first-order valence-electron chi connectivity index (χ1n) is 7.30. The molecule has 1 fully saturated rings. The molecule has 0 spiro atoms. The summed E-state index contributed by atoms with van der Waals surface area (Å²) in [5.74, 6) is -0.880. The lowest BCUT2D eigenvalue weighted by Gasteiger charge is -2.39. The Morgan fingerprint density at radius 3 is 2.29 bits per heavy atom. The Bertz CT molecular complexity index is 403. The molecule has 7 heteroatoms. The number of hydrogen-bond donors (Lipinski definition) is 2. The highest BCUT2D eigenvalue weighted by atomic mass is 16.4. The molecule has 0 saturated carbocycles. The standard InChI is InChI=1S/C14H25N3O4/c1-4-14(12(19)20)6-9-17(10-7-14)13(21)16(3)8-5-11(18)15-2/h4-10H2,1-3H3,(H,15,18)(H,19,20). The summed E-state index contributed by atoms with van der Waals surface area (Å²) in [7, 11) is 3.22. The number of nitrogens with zero attached hydrogens (tertiary/aromatic N) is 2. The number of likely N-dealkylation sites (tertiary alicyclic amines) is 1. The molecule has 0 radical (unpaired) electrons. The van der Waals surface area contributed by atoms with Crippen LogP contribution in [-0.2, 0) is 9.59 Å². The predicted molar refractivity (Wildman–Crippen MR) is 77.9 cm³/mol. The lowest BCUT2D eigenvalue weighted by atomic mass is 9.76. The molecule has 120 valence electrons. The van der Waals surface area contributed by atoms with E-state index in [0.29, 0.717) is 38.9 Å². The predicted octanol–water partition coefficient (Wildman–Crippen LogP) is 0.751. The summed E-state index contributed by atoms with van der Waals surface area (Å²) in [6.07, 6.45) is 1.80. The zero-order valence-electron chi connectivity index (χ0n) is 13.0. The Balaban J connectivity index is 2.51. The number of aliphatic carboxylic acids is 1. The van der Waals surface area contributed by atoms with Gasteiger partial charge < -0.3 is 20.2 Å². The van der Waals surface area contributed by atoms with E-state index < -0.39 is 11.4 Å². The van der Waals surface area contributed by atoms with Crippen LogP contribution in [-0.4, -0.2) is 66.5 Å². The van der Waals surface area contributed by atoms with Crippen molar-refractivity contribution in [3.63, 3.8) is 0 Å². The van der Waals surface area contributed by atoms with Gasteiger partial charge >= 0.3 is 12.0 Å². The summed E-state index contributed by atoms with van der Waals surface area (Å²) < 4.78 is 0. The van der Waals surface area contributed by atoms with Gasteiger partial charge in [-0.1, -0.05) is 6.92 Å². The summed E-state index contributed by atoms with van der Waals surface area (Å²) in [5, 5.41) is 11.9. The van der Waals surface area contributed by atoms with Gasteiger partial charge in [-0.2, -0.15) is 0 Å². The number of nitrogens with one attached hydrogen (secondary N) is 1. The molecule has 1 aliphatic rings. The number of amides is 3. The first-order chi connectivity index (χ1) is 9.86. The molecule has 1 saturated heterocycles. The fourth-order valence-electron chi connectivity index (χ4n) is 2.58. The van der Waals surface area contributed by atoms with Crippen LogP contribution in [0.5, 0.6) is 0 Å². The van der Waals surface area contributed by atoms with Gasteiger partial charge in [0, 0.05) is 40.2 Å². The summed E-state index contributed by atoms with van der Waals surface area (Å²) >= 11 is 0. The third kappa shape index (κ3) is 4.09. The highest BCUT2D eigenvalue weighted by molar-refractivity contribution is 5.79. The molecule has 0 aromatic carbocycles. The molecule has 0 aromatic rings. The molecule has 0 unspecified atom stereocenters.